The fourth-order valence-corrected chi connectivity index (χ4v) is 2.35. The molecule has 0 aliphatic heterocycles. The molecule has 0 radical (unpaired) electrons. The van der Waals surface area contributed by atoms with Crippen LogP contribution in [-0.4, -0.2) is 14.7 Å². The van der Waals surface area contributed by atoms with Crippen molar-refractivity contribution in [1.82, 2.24) is 14.7 Å². The summed E-state index contributed by atoms with van der Waals surface area (Å²) in [5.74, 6) is 0.914. The van der Waals surface area contributed by atoms with Gasteiger partial charge in [-0.1, -0.05) is 21.1 Å². The molecule has 0 N–H and O–H groups in total. The van der Waals surface area contributed by atoms with Gasteiger partial charge in [-0.3, -0.25) is 4.79 Å². The minimum absolute atomic E-state index is 0.0496. The molecule has 0 unspecified atom stereocenters. The Morgan fingerprint density at radius 3 is 2.45 bits per heavy atom. The van der Waals surface area contributed by atoms with E-state index in [0.717, 1.165) is 15.6 Å². The van der Waals surface area contributed by atoms with Crippen molar-refractivity contribution in [1.29, 1.82) is 0 Å². The number of nitrogens with zero attached hydrogens (tertiary/aromatic N) is 3. The van der Waals surface area contributed by atoms with Crippen molar-refractivity contribution in [2.24, 2.45) is 0 Å². The molecule has 22 heavy (non-hydrogen) atoms. The molecule has 0 fully saturated rings. The highest BCUT2D eigenvalue weighted by molar-refractivity contribution is 9.10. The molecule has 0 aliphatic rings. The number of benzene rings is 1. The second kappa shape index (κ2) is 5.88. The van der Waals surface area contributed by atoms with E-state index >= 15 is 0 Å². The first-order valence-corrected chi connectivity index (χ1v) is 7.66. The van der Waals surface area contributed by atoms with E-state index in [1.807, 2.05) is 38.1 Å². The van der Waals surface area contributed by atoms with E-state index in [9.17, 15) is 4.79 Å². The number of halogens is 1. The molecule has 0 atom stereocenters. The number of hydrogen-bond acceptors (Lipinski definition) is 4. The maximum atomic E-state index is 11.8. The van der Waals surface area contributed by atoms with Crippen LogP contribution in [0, 0.1) is 0 Å². The molecule has 5 nitrogen and oxygen atoms in total. The maximum Gasteiger partial charge on any atom is 0.259 e. The van der Waals surface area contributed by atoms with Crippen LogP contribution in [0.2, 0.25) is 0 Å². The topological polar surface area (TPSA) is 60.9 Å². The molecule has 1 aromatic carbocycles. The highest BCUT2D eigenvalue weighted by Gasteiger charge is 2.12. The second-order valence-electron chi connectivity index (χ2n) is 5.19. The lowest BCUT2D eigenvalue weighted by Crippen LogP contribution is -2.20. The quantitative estimate of drug-likeness (QED) is 0.711. The second-order valence-corrected chi connectivity index (χ2v) is 6.10. The molecule has 0 aliphatic carbocycles. The van der Waals surface area contributed by atoms with Gasteiger partial charge in [0.1, 0.15) is 0 Å². The van der Waals surface area contributed by atoms with Crippen LogP contribution in [0.5, 0.6) is 0 Å². The van der Waals surface area contributed by atoms with Gasteiger partial charge in [-0.25, -0.2) is 0 Å². The standard InChI is InChI=1S/C16H14BrN3O2/c1-10(2)20-9-12(5-8-14(20)21)16-18-15(19-22-16)11-3-6-13(17)7-4-11/h3-10H,1-2H3. The Kier molecular flexibility index (Phi) is 3.94. The molecule has 0 saturated carbocycles. The first-order valence-electron chi connectivity index (χ1n) is 6.87. The SMILES string of the molecule is CC(C)n1cc(-c2nc(-c3ccc(Br)cc3)no2)ccc1=O. The van der Waals surface area contributed by atoms with Gasteiger partial charge in [0.25, 0.3) is 11.4 Å². The van der Waals surface area contributed by atoms with Crippen molar-refractivity contribution in [3.05, 3.63) is 57.4 Å². The van der Waals surface area contributed by atoms with Crippen LogP contribution in [0.1, 0.15) is 19.9 Å². The molecule has 6 heteroatoms. The van der Waals surface area contributed by atoms with E-state index < -0.39 is 0 Å². The van der Waals surface area contributed by atoms with Gasteiger partial charge >= 0.3 is 0 Å². The molecule has 112 valence electrons. The zero-order valence-corrected chi connectivity index (χ0v) is 13.7. The summed E-state index contributed by atoms with van der Waals surface area (Å²) >= 11 is 3.39. The van der Waals surface area contributed by atoms with E-state index in [4.69, 9.17) is 4.52 Å². The van der Waals surface area contributed by atoms with Crippen molar-refractivity contribution in [2.75, 3.05) is 0 Å². The van der Waals surface area contributed by atoms with Crippen molar-refractivity contribution in [3.8, 4) is 22.8 Å². The zero-order valence-electron chi connectivity index (χ0n) is 12.2. The first-order chi connectivity index (χ1) is 10.5. The lowest BCUT2D eigenvalue weighted by atomic mass is 10.2. The normalized spacial score (nSPS) is 11.1. The van der Waals surface area contributed by atoms with Gasteiger partial charge in [0.05, 0.1) is 5.56 Å². The molecule has 0 spiro atoms. The van der Waals surface area contributed by atoms with Crippen LogP contribution in [-0.2, 0) is 0 Å². The molecular formula is C16H14BrN3O2. The van der Waals surface area contributed by atoms with Crippen molar-refractivity contribution in [3.63, 3.8) is 0 Å². The van der Waals surface area contributed by atoms with Crippen LogP contribution < -0.4 is 5.56 Å². The highest BCUT2D eigenvalue weighted by Crippen LogP contribution is 2.23. The van der Waals surface area contributed by atoms with Gasteiger partial charge in [0.15, 0.2) is 0 Å². The average molecular weight is 360 g/mol. The smallest absolute Gasteiger partial charge is 0.259 e. The third-order valence-electron chi connectivity index (χ3n) is 3.27. The van der Waals surface area contributed by atoms with Crippen LogP contribution in [0.4, 0.5) is 0 Å². The maximum absolute atomic E-state index is 11.8. The molecule has 3 rings (SSSR count). The van der Waals surface area contributed by atoms with Gasteiger partial charge in [-0.2, -0.15) is 4.98 Å². The van der Waals surface area contributed by atoms with Crippen LogP contribution >= 0.6 is 15.9 Å². The third-order valence-corrected chi connectivity index (χ3v) is 3.80. The summed E-state index contributed by atoms with van der Waals surface area (Å²) in [6.07, 6.45) is 1.74. The monoisotopic (exact) mass is 359 g/mol. The molecule has 2 heterocycles. The predicted octanol–water partition coefficient (Wildman–Crippen LogP) is 3.91. The van der Waals surface area contributed by atoms with Crippen molar-refractivity contribution in [2.45, 2.75) is 19.9 Å². The lowest BCUT2D eigenvalue weighted by Gasteiger charge is -2.09. The van der Waals surface area contributed by atoms with Crippen molar-refractivity contribution >= 4 is 15.9 Å². The molecule has 0 bridgehead atoms. The highest BCUT2D eigenvalue weighted by atomic mass is 79.9. The average Bonchev–Trinajstić information content (AvgIpc) is 2.98. The Morgan fingerprint density at radius 1 is 1.09 bits per heavy atom. The molecule has 0 amide bonds. The third kappa shape index (κ3) is 2.87. The number of rotatable bonds is 3. The fourth-order valence-electron chi connectivity index (χ4n) is 2.09. The predicted molar refractivity (Wildman–Crippen MR) is 87.5 cm³/mol. The summed E-state index contributed by atoms with van der Waals surface area (Å²) < 4.78 is 7.95. The van der Waals surface area contributed by atoms with E-state index in [2.05, 4.69) is 26.1 Å². The van der Waals surface area contributed by atoms with Gasteiger partial charge in [0, 0.05) is 28.3 Å². The fraction of sp³-hybridized carbons (Fsp3) is 0.188. The Hall–Kier alpha value is -2.21. The zero-order chi connectivity index (χ0) is 15.7. The molecule has 3 aromatic rings. The lowest BCUT2D eigenvalue weighted by molar-refractivity contribution is 0.431. The van der Waals surface area contributed by atoms with Crippen LogP contribution in [0.15, 0.2) is 56.4 Å². The Morgan fingerprint density at radius 2 is 1.77 bits per heavy atom. The molecule has 2 aromatic heterocycles. The molecular weight excluding hydrogens is 346 g/mol. The molecule has 0 saturated heterocycles. The number of pyridine rings is 1. The summed E-state index contributed by atoms with van der Waals surface area (Å²) in [7, 11) is 0. The number of hydrogen-bond donors (Lipinski definition) is 0. The summed E-state index contributed by atoms with van der Waals surface area (Å²) in [4.78, 5) is 16.2. The minimum Gasteiger partial charge on any atom is -0.334 e. The largest absolute Gasteiger partial charge is 0.334 e. The summed E-state index contributed by atoms with van der Waals surface area (Å²) in [6, 6.07) is 10.9. The van der Waals surface area contributed by atoms with Gasteiger partial charge in [-0.05, 0) is 44.2 Å². The summed E-state index contributed by atoms with van der Waals surface area (Å²) in [5.41, 5.74) is 1.55. The number of aromatic nitrogens is 3. The van der Waals surface area contributed by atoms with Crippen molar-refractivity contribution < 1.29 is 4.52 Å². The summed E-state index contributed by atoms with van der Waals surface area (Å²) in [6.45, 7) is 3.90. The summed E-state index contributed by atoms with van der Waals surface area (Å²) in [5, 5.41) is 4.00. The Labute approximate surface area is 135 Å². The first kappa shape index (κ1) is 14.7. The van der Waals surface area contributed by atoms with E-state index in [1.165, 1.54) is 6.07 Å². The van der Waals surface area contributed by atoms with Crippen LogP contribution in [0.3, 0.4) is 0 Å². The van der Waals surface area contributed by atoms with Crippen LogP contribution in [0.25, 0.3) is 22.8 Å². The Balaban J connectivity index is 1.99. The van der Waals surface area contributed by atoms with E-state index in [1.54, 1.807) is 16.8 Å². The van der Waals surface area contributed by atoms with Gasteiger partial charge < -0.3 is 9.09 Å². The van der Waals surface area contributed by atoms with Gasteiger partial charge in [0.2, 0.25) is 5.82 Å². The Bertz CT molecular complexity index is 850. The van der Waals surface area contributed by atoms with E-state index in [0.29, 0.717) is 11.7 Å². The van der Waals surface area contributed by atoms with Gasteiger partial charge in [-0.15, -0.1) is 0 Å². The minimum atomic E-state index is -0.0496. The van der Waals surface area contributed by atoms with E-state index in [-0.39, 0.29) is 11.6 Å².